The average molecular weight is 2020 g/mol. The predicted molar refractivity (Wildman–Crippen MR) is 511 cm³/mol. The van der Waals surface area contributed by atoms with E-state index in [0.29, 0.717) is 120 Å². The first-order chi connectivity index (χ1) is 70.2. The maximum absolute atomic E-state index is 13.5. The lowest BCUT2D eigenvalue weighted by Crippen LogP contribution is -2.53. The number of aromatic nitrogens is 6. The number of hydrogen-bond acceptors (Lipinski definition) is 32. The number of rotatable bonds is 22. The van der Waals surface area contributed by atoms with Gasteiger partial charge in [0.15, 0.2) is 32.8 Å². The van der Waals surface area contributed by atoms with Crippen LogP contribution in [0.3, 0.4) is 0 Å². The second-order valence-corrected chi connectivity index (χ2v) is 37.4. The maximum Gasteiger partial charge on any atom is 0.322 e. The van der Waals surface area contributed by atoms with Crippen molar-refractivity contribution in [3.8, 4) is 28.7 Å². The Kier molecular flexibility index (Phi) is 24.3. The lowest BCUT2D eigenvalue weighted by Gasteiger charge is -2.30. The van der Waals surface area contributed by atoms with Gasteiger partial charge in [-0.05, 0) is 151 Å². The van der Waals surface area contributed by atoms with Crippen LogP contribution in [0.5, 0.6) is 28.7 Å². The van der Waals surface area contributed by atoms with E-state index in [1.54, 1.807) is 138 Å². The van der Waals surface area contributed by atoms with Crippen molar-refractivity contribution >= 4 is 160 Å². The van der Waals surface area contributed by atoms with E-state index in [-0.39, 0.29) is 104 Å². The predicted octanol–water partition coefficient (Wildman–Crippen LogP) is 7.77. The van der Waals surface area contributed by atoms with E-state index in [1.165, 1.54) is 84.3 Å². The lowest BCUT2D eigenvalue weighted by molar-refractivity contribution is -0.126. The number of urea groups is 5. The summed E-state index contributed by atoms with van der Waals surface area (Å²) in [5, 5.41) is 32.6. The van der Waals surface area contributed by atoms with Gasteiger partial charge in [0.2, 0.25) is 17.1 Å². The number of carbonyl (C=O) groups excluding carboxylic acids is 15. The molecule has 5 fully saturated rings. The Morgan fingerprint density at radius 1 is 0.384 bits per heavy atom. The standard InChI is InChI=1S/C20H15FN4O5.C20H16N4O5.C20H16N4O4S.C19H15N5O5.C19H21N5O4S/c1-29-13-3-2-10-8-25(17(26)14(10)6-13)9-20(18(27)23-19(28)24-20)15-5-11-4-12(21)7-22-16(11)30-15;1-28-13-5-4-12-9-24(17(25)14(12)8-13)10-20(18(26)22-19(27)23-20)15-7-11-3-2-6-21-16(11)29-15;1-28-13-3-2-11-9-24(17(25)14(11)7-13)10-20(18(26)22-19(27)23-20)16-6-12-8-21-5-4-15(12)29-16;1-28-12-3-2-10-7-24(16(25)13(10)5-12)8-19(17(26)22-18(27)23-19)14-4-11-6-20-9-21-15(11)29-14;1-10(2)20-18-21-14(8-29-18)19(16(26)22-17(27)23-19)9-24-7-11-4-5-12(28-3)6-13(11)15(24)25/h2-7H,8-9H2,1H3,(H2,23,24,27,28);2*2-8H,9-10H2,1H3,(H2,22,23,26,27);2-6,9H,7-8H2,1H3,(H2,22,23,26,27);4-6,8,10H,7,9H2,1-3H3,(H,20,21)(H2,22,23,26,27)/t3*20-;2*19-/m00000/s1. The van der Waals surface area contributed by atoms with E-state index in [0.717, 1.165) is 44.1 Å². The van der Waals surface area contributed by atoms with Crippen molar-refractivity contribution in [1.82, 2.24) is 108 Å². The summed E-state index contributed by atoms with van der Waals surface area (Å²) >= 11 is 2.74. The number of halogens is 1. The molecule has 0 spiro atoms. The zero-order valence-electron chi connectivity index (χ0n) is 78.0. The van der Waals surface area contributed by atoms with Crippen molar-refractivity contribution in [3.63, 3.8) is 0 Å². The number of fused-ring (bicyclic) bond motifs is 9. The van der Waals surface area contributed by atoms with Gasteiger partial charge in [-0.25, -0.2) is 53.3 Å². The van der Waals surface area contributed by atoms with Gasteiger partial charge in [-0.15, -0.1) is 22.7 Å². The summed E-state index contributed by atoms with van der Waals surface area (Å²) in [7, 11) is 7.64. The van der Waals surface area contributed by atoms with Crippen LogP contribution in [0.2, 0.25) is 0 Å². The minimum Gasteiger partial charge on any atom is -0.497 e. The first-order valence-corrected chi connectivity index (χ1v) is 46.6. The largest absolute Gasteiger partial charge is 0.497 e. The van der Waals surface area contributed by atoms with Gasteiger partial charge in [-0.1, -0.05) is 30.3 Å². The molecule has 14 aromatic rings. The van der Waals surface area contributed by atoms with E-state index >= 15 is 0 Å². The molecule has 5 saturated heterocycles. The maximum atomic E-state index is 13.5. The second-order valence-electron chi connectivity index (χ2n) is 35.4. The average Bonchev–Trinajstić information content (AvgIpc) is 1.60. The molecule has 19 heterocycles. The minimum absolute atomic E-state index is 0.0226. The van der Waals surface area contributed by atoms with Crippen molar-refractivity contribution in [2.75, 3.05) is 73.6 Å². The van der Waals surface area contributed by atoms with E-state index in [2.05, 4.69) is 88.4 Å². The van der Waals surface area contributed by atoms with Crippen molar-refractivity contribution in [1.29, 1.82) is 0 Å². The van der Waals surface area contributed by atoms with Crippen LogP contribution in [-0.4, -0.2) is 218 Å². The van der Waals surface area contributed by atoms with E-state index in [9.17, 15) is 76.3 Å². The molecule has 9 aromatic heterocycles. The van der Waals surface area contributed by atoms with Crippen LogP contribution in [0.1, 0.15) is 121 Å². The third-order valence-corrected chi connectivity index (χ3v) is 28.1. The number of thiazole rings is 1. The zero-order valence-corrected chi connectivity index (χ0v) is 79.6. The molecule has 0 saturated carbocycles. The fraction of sp³-hybridized carbons (Fsp3) is 0.235. The number of nitrogens with one attached hydrogen (secondary N) is 11. The minimum atomic E-state index is -1.67. The third kappa shape index (κ3) is 17.1. The number of imide groups is 5. The van der Waals surface area contributed by atoms with Crippen LogP contribution >= 0.6 is 22.7 Å². The number of thiophene rings is 1. The molecule has 10 aliphatic rings. The SMILES string of the molecule is COc1ccc2c(c1)C(=O)N(C[C@@]1(c3cc4cc(F)cnc4o3)NC(=O)NC1=O)C2.COc1ccc2c(c1)C(=O)N(C[C@@]1(c3cc4cccnc4o3)NC(=O)NC1=O)C2.COc1ccc2c(c1)C(=O)N(C[C@@]1(c3cc4cnccc4s3)NC(=O)NC1=O)C2.COc1ccc2c(c1)C(=O)N(C[C@@]1(c3cc4cncnc4o3)NC(=O)NC1=O)C2.COc1ccc2c(c1)C(=O)N(C[C@@]1(c3csc(NC(C)C)n3)NC(=O)NC1=O)C2. The molecular formula is C98H83FN22O23S2. The molecule has 45 nitrogen and oxygen atoms in total. The number of nitrogens with zero attached hydrogens (tertiary/aromatic N) is 11. The molecule has 0 aliphatic carbocycles. The highest BCUT2D eigenvalue weighted by molar-refractivity contribution is 7.19. The van der Waals surface area contributed by atoms with Crippen molar-refractivity contribution in [3.05, 3.63) is 272 Å². The molecule has 10 aliphatic heterocycles. The Bertz CT molecular complexity index is 7380. The number of anilines is 1. The number of hydrogen-bond donors (Lipinski definition) is 11. The molecular weight excluding hydrogens is 1940 g/mol. The molecule has 0 radical (unpaired) electrons. The Hall–Kier alpha value is -18.4. The first-order valence-electron chi connectivity index (χ1n) is 44.9. The Balaban J connectivity index is 0.000000111. The van der Waals surface area contributed by atoms with E-state index in [4.69, 9.17) is 36.9 Å². The van der Waals surface area contributed by atoms with Gasteiger partial charge in [-0.3, -0.25) is 79.5 Å². The monoisotopic (exact) mass is 2020 g/mol. The molecule has 5 atom stereocenters. The van der Waals surface area contributed by atoms with Crippen LogP contribution < -0.4 is 82.2 Å². The molecule has 20 amide bonds. The van der Waals surface area contributed by atoms with Crippen LogP contribution in [0.4, 0.5) is 33.5 Å². The topological polar surface area (TPSA) is 567 Å². The van der Waals surface area contributed by atoms with Gasteiger partial charge in [-0.2, -0.15) is 0 Å². The fourth-order valence-electron chi connectivity index (χ4n) is 18.8. The summed E-state index contributed by atoms with van der Waals surface area (Å²) in [6, 6.07) is 36.4. The number of pyridine rings is 3. The summed E-state index contributed by atoms with van der Waals surface area (Å²) in [5.74, 6) is -1.34. The van der Waals surface area contributed by atoms with Crippen LogP contribution in [-0.2, 0) is 84.4 Å². The summed E-state index contributed by atoms with van der Waals surface area (Å²) in [6.45, 7) is 5.15. The van der Waals surface area contributed by atoms with Crippen LogP contribution in [0.25, 0.3) is 43.4 Å². The van der Waals surface area contributed by atoms with E-state index in [1.807, 2.05) is 50.2 Å². The highest BCUT2D eigenvalue weighted by Gasteiger charge is 2.59. The molecule has 5 aromatic carbocycles. The molecule has 742 valence electrons. The highest BCUT2D eigenvalue weighted by atomic mass is 32.1. The number of amides is 20. The quantitative estimate of drug-likeness (QED) is 0.0288. The Labute approximate surface area is 830 Å². The molecule has 11 N–H and O–H groups in total. The smallest absolute Gasteiger partial charge is 0.322 e. The number of benzene rings is 5. The number of carbonyl (C=O) groups is 15. The van der Waals surface area contributed by atoms with Gasteiger partial charge in [0, 0.05) is 122 Å². The van der Waals surface area contributed by atoms with Crippen LogP contribution in [0, 0.1) is 5.82 Å². The first kappa shape index (κ1) is 95.2. The highest BCUT2D eigenvalue weighted by Crippen LogP contribution is 2.44. The van der Waals surface area contributed by atoms with Gasteiger partial charge in [0.1, 0.15) is 58.2 Å². The van der Waals surface area contributed by atoms with Crippen molar-refractivity contribution in [2.24, 2.45) is 0 Å². The van der Waals surface area contributed by atoms with Gasteiger partial charge < -0.3 is 93.3 Å². The lowest BCUT2D eigenvalue weighted by atomic mass is 9.95. The number of methoxy groups -OCH3 is 5. The summed E-state index contributed by atoms with van der Waals surface area (Å²) in [5.41, 5.74) is 0.225. The normalized spacial score (nSPS) is 20.7. The fourth-order valence-corrected chi connectivity index (χ4v) is 20.9. The molecule has 48 heteroatoms. The van der Waals surface area contributed by atoms with Crippen molar-refractivity contribution < 1.29 is 113 Å². The van der Waals surface area contributed by atoms with Gasteiger partial charge in [0.05, 0.1) is 85.5 Å². The Morgan fingerprint density at radius 2 is 0.740 bits per heavy atom. The molecule has 24 rings (SSSR count). The van der Waals surface area contributed by atoms with Crippen LogP contribution in [0.15, 0.2) is 195 Å². The third-order valence-electron chi connectivity index (χ3n) is 26.0. The number of ether oxygens (including phenoxy) is 5. The number of furan rings is 3. The van der Waals surface area contributed by atoms with E-state index < -0.39 is 93.2 Å². The molecule has 146 heavy (non-hydrogen) atoms. The zero-order chi connectivity index (χ0) is 102. The molecule has 0 bridgehead atoms. The summed E-state index contributed by atoms with van der Waals surface area (Å²) in [6.07, 6.45) is 8.81. The summed E-state index contributed by atoms with van der Waals surface area (Å²) < 4.78 is 57.7. The second kappa shape index (κ2) is 37.2. The van der Waals surface area contributed by atoms with Gasteiger partial charge >= 0.3 is 30.2 Å². The van der Waals surface area contributed by atoms with Gasteiger partial charge in [0.25, 0.3) is 59.1 Å². The Morgan fingerprint density at radius 3 is 1.11 bits per heavy atom. The van der Waals surface area contributed by atoms with Crippen molar-refractivity contribution in [2.45, 2.75) is 80.3 Å². The summed E-state index contributed by atoms with van der Waals surface area (Å²) in [4.78, 5) is 222. The molecule has 0 unspecified atom stereocenters.